The smallest absolute Gasteiger partial charge is 0.251 e. The molecule has 0 spiro atoms. The lowest BCUT2D eigenvalue weighted by molar-refractivity contribution is 0.0954. The van der Waals surface area contributed by atoms with Gasteiger partial charge in [-0.05, 0) is 49.2 Å². The van der Waals surface area contributed by atoms with Crippen LogP contribution >= 0.6 is 0 Å². The highest BCUT2D eigenvalue weighted by Crippen LogP contribution is 2.29. The van der Waals surface area contributed by atoms with Crippen LogP contribution in [-0.4, -0.2) is 32.6 Å². The van der Waals surface area contributed by atoms with Gasteiger partial charge >= 0.3 is 0 Å². The number of aromatic nitrogens is 4. The van der Waals surface area contributed by atoms with E-state index in [1.165, 1.54) is 30.8 Å². The Morgan fingerprint density at radius 1 is 1.00 bits per heavy atom. The molecular formula is C28H25FN6O3. The Balaban J connectivity index is 1.39. The van der Waals surface area contributed by atoms with E-state index in [0.717, 1.165) is 5.56 Å². The van der Waals surface area contributed by atoms with Crippen LogP contribution in [0.1, 0.15) is 34.4 Å². The largest absolute Gasteiger partial charge is 0.445 e. The summed E-state index contributed by atoms with van der Waals surface area (Å²) in [6, 6.07) is 17.7. The predicted octanol–water partition coefficient (Wildman–Crippen LogP) is 4.31. The maximum absolute atomic E-state index is 13.9. The number of nitrogens with two attached hydrogens (primary N) is 1. The summed E-state index contributed by atoms with van der Waals surface area (Å²) in [6.07, 6.45) is 5.20. The fourth-order valence-corrected chi connectivity index (χ4v) is 4.04. The molecule has 0 aliphatic rings. The Morgan fingerprint density at radius 3 is 2.53 bits per heavy atom. The van der Waals surface area contributed by atoms with Gasteiger partial charge in [0.2, 0.25) is 17.7 Å². The highest BCUT2D eigenvalue weighted by molar-refractivity contribution is 5.96. The minimum absolute atomic E-state index is 0.195. The molecular weight excluding hydrogens is 487 g/mol. The van der Waals surface area contributed by atoms with Gasteiger partial charge in [-0.15, -0.1) is 10.2 Å². The lowest BCUT2D eigenvalue weighted by atomic mass is 9.94. The van der Waals surface area contributed by atoms with Crippen LogP contribution in [0.25, 0.3) is 22.9 Å². The summed E-state index contributed by atoms with van der Waals surface area (Å²) in [7, 11) is 0. The molecule has 0 aliphatic heterocycles. The number of nitrogens with zero attached hydrogens (tertiary/aromatic N) is 4. The molecule has 1 atom stereocenters. The molecule has 3 aromatic heterocycles. The van der Waals surface area contributed by atoms with Crippen LogP contribution < -0.4 is 11.1 Å². The third kappa shape index (κ3) is 5.65. The van der Waals surface area contributed by atoms with E-state index in [9.17, 15) is 9.18 Å². The van der Waals surface area contributed by atoms with Crippen molar-refractivity contribution < 1.29 is 18.0 Å². The number of carbonyl (C=O) groups is 1. The summed E-state index contributed by atoms with van der Waals surface area (Å²) in [5.41, 5.74) is 8.31. The molecule has 38 heavy (non-hydrogen) atoms. The monoisotopic (exact) mass is 512 g/mol. The molecule has 1 amide bonds. The first-order valence-electron chi connectivity index (χ1n) is 12.0. The third-order valence-electron chi connectivity index (χ3n) is 5.93. The molecule has 0 aliphatic carbocycles. The maximum Gasteiger partial charge on any atom is 0.251 e. The number of hydrogen-bond acceptors (Lipinski definition) is 8. The normalized spacial score (nSPS) is 12.7. The quantitative estimate of drug-likeness (QED) is 0.298. The second-order valence-corrected chi connectivity index (χ2v) is 9.07. The van der Waals surface area contributed by atoms with Crippen molar-refractivity contribution in [2.24, 2.45) is 5.73 Å². The van der Waals surface area contributed by atoms with Gasteiger partial charge in [0.1, 0.15) is 12.1 Å². The van der Waals surface area contributed by atoms with E-state index in [0.29, 0.717) is 29.0 Å². The molecule has 5 aromatic rings. The molecule has 0 bridgehead atoms. The topological polar surface area (TPSA) is 133 Å². The van der Waals surface area contributed by atoms with E-state index >= 15 is 0 Å². The number of nitrogens with one attached hydrogen (secondary N) is 1. The van der Waals surface area contributed by atoms with E-state index in [4.69, 9.17) is 14.6 Å². The van der Waals surface area contributed by atoms with Gasteiger partial charge in [0.25, 0.3) is 5.91 Å². The number of benzene rings is 2. The Morgan fingerprint density at radius 2 is 1.79 bits per heavy atom. The number of rotatable bonds is 9. The minimum atomic E-state index is -0.909. The first kappa shape index (κ1) is 25.0. The number of carbonyl (C=O) groups excluding carboxylic acids is 1. The van der Waals surface area contributed by atoms with Crippen molar-refractivity contribution in [1.29, 1.82) is 0 Å². The van der Waals surface area contributed by atoms with E-state index in [1.807, 2.05) is 37.3 Å². The summed E-state index contributed by atoms with van der Waals surface area (Å²) >= 11 is 0. The molecule has 0 fully saturated rings. The SMILES string of the molecule is CC(N)(Cc1ccccc1)c1nnc(-c2cc(C(=O)NCCc3ncccc3F)cc(-c3ncco3)c2)o1. The zero-order valence-corrected chi connectivity index (χ0v) is 20.6. The Bertz CT molecular complexity index is 1530. The molecule has 2 aromatic carbocycles. The molecule has 1 unspecified atom stereocenters. The van der Waals surface area contributed by atoms with Gasteiger partial charge in [-0.1, -0.05) is 30.3 Å². The van der Waals surface area contributed by atoms with Crippen LogP contribution in [0, 0.1) is 5.82 Å². The summed E-state index contributed by atoms with van der Waals surface area (Å²) in [5.74, 6) is -0.00211. The molecule has 5 rings (SSSR count). The molecule has 192 valence electrons. The molecule has 0 saturated heterocycles. The number of halogens is 1. The van der Waals surface area contributed by atoms with Crippen molar-refractivity contribution in [3.63, 3.8) is 0 Å². The first-order valence-corrected chi connectivity index (χ1v) is 12.0. The van der Waals surface area contributed by atoms with Gasteiger partial charge in [0, 0.05) is 35.9 Å². The van der Waals surface area contributed by atoms with E-state index in [-0.39, 0.29) is 36.3 Å². The number of amides is 1. The van der Waals surface area contributed by atoms with E-state index < -0.39 is 11.4 Å². The van der Waals surface area contributed by atoms with Crippen LogP contribution in [0.5, 0.6) is 0 Å². The fourth-order valence-electron chi connectivity index (χ4n) is 4.04. The summed E-state index contributed by atoms with van der Waals surface area (Å²) in [5, 5.41) is 11.2. The lowest BCUT2D eigenvalue weighted by Gasteiger charge is -2.20. The molecule has 0 radical (unpaired) electrons. The predicted molar refractivity (Wildman–Crippen MR) is 137 cm³/mol. The van der Waals surface area contributed by atoms with E-state index in [1.54, 1.807) is 18.2 Å². The molecule has 9 nitrogen and oxygen atoms in total. The third-order valence-corrected chi connectivity index (χ3v) is 5.93. The van der Waals surface area contributed by atoms with Crippen LogP contribution in [0.15, 0.2) is 88.2 Å². The van der Waals surface area contributed by atoms with E-state index in [2.05, 4.69) is 25.5 Å². The van der Waals surface area contributed by atoms with Crippen LogP contribution in [0.3, 0.4) is 0 Å². The average Bonchev–Trinajstić information content (AvgIpc) is 3.63. The summed E-state index contributed by atoms with van der Waals surface area (Å²) in [6.45, 7) is 2.02. The van der Waals surface area contributed by atoms with Crippen LogP contribution in [0.4, 0.5) is 4.39 Å². The van der Waals surface area contributed by atoms with Gasteiger partial charge in [-0.2, -0.15) is 0 Å². The van der Waals surface area contributed by atoms with Gasteiger partial charge in [-0.3, -0.25) is 9.78 Å². The number of pyridine rings is 1. The van der Waals surface area contributed by atoms with Gasteiger partial charge < -0.3 is 19.9 Å². The highest BCUT2D eigenvalue weighted by atomic mass is 19.1. The first-order chi connectivity index (χ1) is 18.4. The zero-order chi connectivity index (χ0) is 26.5. The second kappa shape index (κ2) is 10.7. The fraction of sp³-hybridized carbons (Fsp3) is 0.179. The van der Waals surface area contributed by atoms with Crippen molar-refractivity contribution in [3.05, 3.63) is 108 Å². The minimum Gasteiger partial charge on any atom is -0.445 e. The molecule has 3 N–H and O–H groups in total. The van der Waals surface area contributed by atoms with Gasteiger partial charge in [0.15, 0.2) is 0 Å². The van der Waals surface area contributed by atoms with Crippen molar-refractivity contribution in [2.45, 2.75) is 25.3 Å². The van der Waals surface area contributed by atoms with Crippen LogP contribution in [-0.2, 0) is 18.4 Å². The number of hydrogen-bond donors (Lipinski definition) is 2. The average molecular weight is 513 g/mol. The summed E-state index contributed by atoms with van der Waals surface area (Å²) < 4.78 is 25.3. The standard InChI is InChI=1S/C28H25FN6O3/c1-28(30,17-18-6-3-2-4-7-18)27-35-34-26(38-27)21-15-19(14-20(16-21)25-33-12-13-37-25)24(36)32-11-9-23-22(29)8-5-10-31-23/h2-8,10,12-16H,9,11,17,30H2,1H3,(H,32,36). The zero-order valence-electron chi connectivity index (χ0n) is 20.6. The highest BCUT2D eigenvalue weighted by Gasteiger charge is 2.29. The number of oxazole rings is 1. The lowest BCUT2D eigenvalue weighted by Crippen LogP contribution is -2.35. The Labute approximate surface area is 218 Å². The van der Waals surface area contributed by atoms with Crippen molar-refractivity contribution in [3.8, 4) is 22.9 Å². The second-order valence-electron chi connectivity index (χ2n) is 9.07. The molecule has 0 saturated carbocycles. The Kier molecular flexibility index (Phi) is 7.05. The van der Waals surface area contributed by atoms with Crippen molar-refractivity contribution in [2.75, 3.05) is 6.54 Å². The van der Waals surface area contributed by atoms with Gasteiger partial charge in [-0.25, -0.2) is 9.37 Å². The summed E-state index contributed by atoms with van der Waals surface area (Å²) in [4.78, 5) is 21.2. The van der Waals surface area contributed by atoms with Gasteiger partial charge in [0.05, 0.1) is 17.4 Å². The van der Waals surface area contributed by atoms with Crippen molar-refractivity contribution in [1.82, 2.24) is 25.5 Å². The maximum atomic E-state index is 13.9. The molecule has 3 heterocycles. The van der Waals surface area contributed by atoms with Crippen LogP contribution in [0.2, 0.25) is 0 Å². The molecule has 10 heteroatoms. The van der Waals surface area contributed by atoms with Crippen molar-refractivity contribution >= 4 is 5.91 Å². The Hall–Kier alpha value is -4.70.